The molecule has 1 aromatic heterocycles. The van der Waals surface area contributed by atoms with Gasteiger partial charge in [0.15, 0.2) is 0 Å². The van der Waals surface area contributed by atoms with Crippen LogP contribution in [0.3, 0.4) is 0 Å². The molecule has 0 saturated carbocycles. The molecule has 2 aromatic carbocycles. The van der Waals surface area contributed by atoms with Crippen LogP contribution in [0.2, 0.25) is 15.1 Å². The summed E-state index contributed by atoms with van der Waals surface area (Å²) in [5.41, 5.74) is 3.16. The molecule has 2 N–H and O–H groups in total. The van der Waals surface area contributed by atoms with Gasteiger partial charge in [-0.25, -0.2) is 4.98 Å². The van der Waals surface area contributed by atoms with E-state index < -0.39 is 6.04 Å². The minimum atomic E-state index is -0.758. The van der Waals surface area contributed by atoms with Gasteiger partial charge in [-0.1, -0.05) is 40.9 Å². The Morgan fingerprint density at radius 3 is 2.48 bits per heavy atom. The highest BCUT2D eigenvalue weighted by Crippen LogP contribution is 2.21. The van der Waals surface area contributed by atoms with Crippen LogP contribution >= 0.6 is 57.9 Å². The number of halogens is 3. The molecule has 3 rings (SSSR count). The third-order valence-corrected chi connectivity index (χ3v) is 6.69. The molecule has 0 aliphatic carbocycles. The third-order valence-electron chi connectivity index (χ3n) is 4.20. The number of benzene rings is 2. The van der Waals surface area contributed by atoms with E-state index in [0.29, 0.717) is 21.5 Å². The number of nitrogens with one attached hydrogen (secondary N) is 2. The van der Waals surface area contributed by atoms with Gasteiger partial charge in [0.2, 0.25) is 11.8 Å². The van der Waals surface area contributed by atoms with E-state index >= 15 is 0 Å². The summed E-state index contributed by atoms with van der Waals surface area (Å²) in [6.45, 7) is 0.220. The van der Waals surface area contributed by atoms with Gasteiger partial charge >= 0.3 is 0 Å². The van der Waals surface area contributed by atoms with Gasteiger partial charge in [0.05, 0.1) is 17.0 Å². The molecule has 3 aromatic rings. The Kier molecular flexibility index (Phi) is 9.04. The van der Waals surface area contributed by atoms with Crippen LogP contribution < -0.4 is 10.6 Å². The summed E-state index contributed by atoms with van der Waals surface area (Å²) in [6, 6.07) is 11.5. The predicted octanol–water partition coefficient (Wildman–Crippen LogP) is 5.24. The Balaban J connectivity index is 1.60. The standard InChI is InChI=1S/C21H18Cl3N3O2S2/c22-14-3-5-17(6-4-14)31-11-20(28)27-19(8-16-10-30-12-26-16)21(29)25-9-13-1-2-15(23)7-18(13)24/h1-7,10,12,19H,8-9,11H2,(H,25,29)(H,27,28). The molecule has 1 heterocycles. The molecule has 0 aliphatic heterocycles. The molecular formula is C21H18Cl3N3O2S2. The van der Waals surface area contributed by atoms with Crippen LogP contribution in [0.25, 0.3) is 0 Å². The number of aromatic nitrogens is 1. The molecule has 0 saturated heterocycles. The predicted molar refractivity (Wildman–Crippen MR) is 128 cm³/mol. The Hall–Kier alpha value is -1.77. The molecule has 0 spiro atoms. The van der Waals surface area contributed by atoms with Crippen LogP contribution in [0, 0.1) is 0 Å². The van der Waals surface area contributed by atoms with Crippen LogP contribution in [-0.2, 0) is 22.6 Å². The maximum atomic E-state index is 12.8. The number of amides is 2. The van der Waals surface area contributed by atoms with E-state index in [1.807, 2.05) is 17.5 Å². The summed E-state index contributed by atoms with van der Waals surface area (Å²) in [5, 5.41) is 9.11. The van der Waals surface area contributed by atoms with Gasteiger partial charge in [-0.2, -0.15) is 0 Å². The number of rotatable bonds is 9. The fourth-order valence-corrected chi connectivity index (χ4v) is 4.53. The lowest BCUT2D eigenvalue weighted by atomic mass is 10.1. The SMILES string of the molecule is O=C(CSc1ccc(Cl)cc1)NC(Cc1cscn1)C(=O)NCc1ccc(Cl)cc1Cl. The second kappa shape index (κ2) is 11.7. The van der Waals surface area contributed by atoms with Crippen molar-refractivity contribution in [3.8, 4) is 0 Å². The fraction of sp³-hybridized carbons (Fsp3) is 0.190. The Bertz CT molecular complexity index is 1030. The van der Waals surface area contributed by atoms with Gasteiger partial charge in [0.1, 0.15) is 6.04 Å². The lowest BCUT2D eigenvalue weighted by Crippen LogP contribution is -2.48. The molecule has 0 fully saturated rings. The van der Waals surface area contributed by atoms with Crippen LogP contribution in [0.15, 0.2) is 58.3 Å². The first-order valence-electron chi connectivity index (χ1n) is 9.17. The number of thiazole rings is 1. The Morgan fingerprint density at radius 1 is 1.06 bits per heavy atom. The van der Waals surface area contributed by atoms with E-state index in [2.05, 4.69) is 15.6 Å². The molecule has 1 atom stereocenters. The van der Waals surface area contributed by atoms with Crippen LogP contribution in [0.1, 0.15) is 11.3 Å². The van der Waals surface area contributed by atoms with Gasteiger partial charge in [-0.15, -0.1) is 23.1 Å². The highest BCUT2D eigenvalue weighted by atomic mass is 35.5. The van der Waals surface area contributed by atoms with Crippen LogP contribution in [0.4, 0.5) is 0 Å². The second-order valence-electron chi connectivity index (χ2n) is 6.50. The zero-order chi connectivity index (χ0) is 22.2. The van der Waals surface area contributed by atoms with Crippen LogP contribution in [0.5, 0.6) is 0 Å². The van der Waals surface area contributed by atoms with Crippen molar-refractivity contribution in [2.75, 3.05) is 5.75 Å². The summed E-state index contributed by atoms with van der Waals surface area (Å²) >= 11 is 20.8. The molecule has 31 heavy (non-hydrogen) atoms. The number of nitrogens with zero attached hydrogens (tertiary/aromatic N) is 1. The van der Waals surface area contributed by atoms with E-state index in [1.165, 1.54) is 23.1 Å². The molecule has 0 aliphatic rings. The van der Waals surface area contributed by atoms with Crippen molar-refractivity contribution in [3.05, 3.63) is 79.7 Å². The molecule has 2 amide bonds. The lowest BCUT2D eigenvalue weighted by Gasteiger charge is -2.18. The smallest absolute Gasteiger partial charge is 0.243 e. The summed E-state index contributed by atoms with van der Waals surface area (Å²) in [4.78, 5) is 30.5. The van der Waals surface area contributed by atoms with Crippen molar-refractivity contribution < 1.29 is 9.59 Å². The lowest BCUT2D eigenvalue weighted by molar-refractivity contribution is -0.128. The zero-order valence-electron chi connectivity index (χ0n) is 16.1. The molecule has 1 unspecified atom stereocenters. The summed E-state index contributed by atoms with van der Waals surface area (Å²) in [5.74, 6) is -0.394. The van der Waals surface area contributed by atoms with E-state index in [9.17, 15) is 9.59 Å². The maximum absolute atomic E-state index is 12.8. The Morgan fingerprint density at radius 2 is 1.81 bits per heavy atom. The van der Waals surface area contributed by atoms with Gasteiger partial charge in [-0.05, 0) is 42.0 Å². The van der Waals surface area contributed by atoms with Gasteiger partial charge < -0.3 is 10.6 Å². The van der Waals surface area contributed by atoms with E-state index in [1.54, 1.807) is 35.8 Å². The number of hydrogen-bond acceptors (Lipinski definition) is 5. The molecule has 5 nitrogen and oxygen atoms in total. The molecule has 162 valence electrons. The minimum absolute atomic E-state index is 0.172. The van der Waals surface area contributed by atoms with Gasteiger partial charge in [0, 0.05) is 38.3 Å². The number of carbonyl (C=O) groups excluding carboxylic acids is 2. The van der Waals surface area contributed by atoms with E-state index in [-0.39, 0.29) is 24.1 Å². The quantitative estimate of drug-likeness (QED) is 0.383. The highest BCUT2D eigenvalue weighted by Gasteiger charge is 2.22. The monoisotopic (exact) mass is 513 g/mol. The van der Waals surface area contributed by atoms with Gasteiger partial charge in [-0.3, -0.25) is 9.59 Å². The molecular weight excluding hydrogens is 497 g/mol. The summed E-state index contributed by atoms with van der Waals surface area (Å²) < 4.78 is 0. The normalized spacial score (nSPS) is 11.7. The summed E-state index contributed by atoms with van der Waals surface area (Å²) in [6.07, 6.45) is 0.293. The topological polar surface area (TPSA) is 71.1 Å². The van der Waals surface area contributed by atoms with Crippen molar-refractivity contribution in [1.29, 1.82) is 0 Å². The third kappa shape index (κ3) is 7.70. The maximum Gasteiger partial charge on any atom is 0.243 e. The number of thioether (sulfide) groups is 1. The molecule has 10 heteroatoms. The largest absolute Gasteiger partial charge is 0.350 e. The average Bonchev–Trinajstić information content (AvgIpc) is 3.25. The van der Waals surface area contributed by atoms with E-state index in [4.69, 9.17) is 34.8 Å². The first kappa shape index (κ1) is 23.9. The number of carbonyl (C=O) groups is 2. The zero-order valence-corrected chi connectivity index (χ0v) is 20.0. The highest BCUT2D eigenvalue weighted by molar-refractivity contribution is 8.00. The molecule has 0 radical (unpaired) electrons. The average molecular weight is 515 g/mol. The van der Waals surface area contributed by atoms with Crippen molar-refractivity contribution in [3.63, 3.8) is 0 Å². The summed E-state index contributed by atoms with van der Waals surface area (Å²) in [7, 11) is 0. The van der Waals surface area contributed by atoms with Crippen molar-refractivity contribution >= 4 is 69.7 Å². The van der Waals surface area contributed by atoms with Gasteiger partial charge in [0.25, 0.3) is 0 Å². The first-order chi connectivity index (χ1) is 14.9. The van der Waals surface area contributed by atoms with Crippen molar-refractivity contribution in [1.82, 2.24) is 15.6 Å². The first-order valence-corrected chi connectivity index (χ1v) is 12.2. The van der Waals surface area contributed by atoms with E-state index in [0.717, 1.165) is 16.2 Å². The van der Waals surface area contributed by atoms with Crippen molar-refractivity contribution in [2.24, 2.45) is 0 Å². The minimum Gasteiger partial charge on any atom is -0.350 e. The van der Waals surface area contributed by atoms with Crippen molar-refractivity contribution in [2.45, 2.75) is 23.9 Å². The molecule has 0 bridgehead atoms. The Labute approximate surface area is 203 Å². The second-order valence-corrected chi connectivity index (χ2v) is 9.55. The fourth-order valence-electron chi connectivity index (χ4n) is 2.64. The van der Waals surface area contributed by atoms with Crippen LogP contribution in [-0.4, -0.2) is 28.6 Å². The number of hydrogen-bond donors (Lipinski definition) is 2.